The Hall–Kier alpha value is -0.350. The molecule has 0 amide bonds. The van der Waals surface area contributed by atoms with Gasteiger partial charge in [0, 0.05) is 0 Å². The minimum absolute atomic E-state index is 0.169. The lowest BCUT2D eigenvalue weighted by atomic mass is 10.0. The second kappa shape index (κ2) is 4.51. The fraction of sp³-hybridized carbons (Fsp3) is 0.714. The molecule has 0 spiro atoms. The van der Waals surface area contributed by atoms with Gasteiger partial charge in [-0.15, -0.1) is 6.58 Å². The molecule has 1 atom stereocenters. The van der Waals surface area contributed by atoms with Crippen LogP contribution in [0.1, 0.15) is 19.8 Å². The van der Waals surface area contributed by atoms with Gasteiger partial charge in [-0.1, -0.05) is 13.0 Å². The van der Waals surface area contributed by atoms with Crippen LogP contribution < -0.4 is 0 Å². The van der Waals surface area contributed by atoms with Crippen molar-refractivity contribution in [2.24, 2.45) is 5.92 Å². The predicted molar refractivity (Wildman–Crippen MR) is 45.0 cm³/mol. The standard InChI is InChI=1S/C7H14O3S/c1-3-7(4-2)5-6-11(8,9)10/h3,7H,1,4-6H2,2H3,(H,8,9,10). The van der Waals surface area contributed by atoms with Crippen LogP contribution in [0.3, 0.4) is 0 Å². The summed E-state index contributed by atoms with van der Waals surface area (Å²) in [5.41, 5.74) is 0. The zero-order valence-electron chi connectivity index (χ0n) is 6.66. The first-order valence-electron chi connectivity index (χ1n) is 3.57. The molecule has 1 N–H and O–H groups in total. The molecule has 0 aromatic heterocycles. The molecule has 11 heavy (non-hydrogen) atoms. The monoisotopic (exact) mass is 178 g/mol. The molecule has 0 rings (SSSR count). The second-order valence-electron chi connectivity index (χ2n) is 2.48. The molecule has 0 aliphatic heterocycles. The molecule has 66 valence electrons. The van der Waals surface area contributed by atoms with Crippen LogP contribution in [0.25, 0.3) is 0 Å². The zero-order valence-corrected chi connectivity index (χ0v) is 7.47. The quantitative estimate of drug-likeness (QED) is 0.512. The highest BCUT2D eigenvalue weighted by Crippen LogP contribution is 2.09. The lowest BCUT2D eigenvalue weighted by Gasteiger charge is -2.06. The Morgan fingerprint density at radius 2 is 2.18 bits per heavy atom. The summed E-state index contributed by atoms with van der Waals surface area (Å²) < 4.78 is 29.0. The third kappa shape index (κ3) is 6.06. The van der Waals surface area contributed by atoms with E-state index in [1.807, 2.05) is 6.92 Å². The summed E-state index contributed by atoms with van der Waals surface area (Å²) in [6.45, 7) is 5.51. The van der Waals surface area contributed by atoms with Crippen molar-refractivity contribution in [3.8, 4) is 0 Å². The van der Waals surface area contributed by atoms with Gasteiger partial charge < -0.3 is 0 Å². The van der Waals surface area contributed by atoms with Crippen LogP contribution in [0.4, 0.5) is 0 Å². The molecule has 0 saturated carbocycles. The molecule has 0 saturated heterocycles. The van der Waals surface area contributed by atoms with E-state index in [0.29, 0.717) is 6.42 Å². The van der Waals surface area contributed by atoms with Crippen LogP contribution in [0.2, 0.25) is 0 Å². The van der Waals surface area contributed by atoms with E-state index in [1.54, 1.807) is 6.08 Å². The van der Waals surface area contributed by atoms with Crippen LogP contribution in [0.15, 0.2) is 12.7 Å². The average Bonchev–Trinajstić information content (AvgIpc) is 1.88. The van der Waals surface area contributed by atoms with Crippen molar-refractivity contribution in [3.05, 3.63) is 12.7 Å². The number of rotatable bonds is 5. The molecule has 1 unspecified atom stereocenters. The summed E-state index contributed by atoms with van der Waals surface area (Å²) in [5.74, 6) is 0.0225. The smallest absolute Gasteiger partial charge is 0.264 e. The Kier molecular flexibility index (Phi) is 4.37. The maximum absolute atomic E-state index is 10.3. The number of allylic oxidation sites excluding steroid dienone is 1. The summed E-state index contributed by atoms with van der Waals surface area (Å²) in [6, 6.07) is 0. The largest absolute Gasteiger partial charge is 0.286 e. The first kappa shape index (κ1) is 10.7. The topological polar surface area (TPSA) is 54.4 Å². The van der Waals surface area contributed by atoms with Crippen molar-refractivity contribution in [2.75, 3.05) is 5.75 Å². The van der Waals surface area contributed by atoms with Crippen molar-refractivity contribution in [3.63, 3.8) is 0 Å². The van der Waals surface area contributed by atoms with Crippen molar-refractivity contribution in [2.45, 2.75) is 19.8 Å². The van der Waals surface area contributed by atoms with Gasteiger partial charge in [0.15, 0.2) is 0 Å². The highest BCUT2D eigenvalue weighted by atomic mass is 32.2. The van der Waals surface area contributed by atoms with Gasteiger partial charge in [0.2, 0.25) is 0 Å². The summed E-state index contributed by atoms with van der Waals surface area (Å²) >= 11 is 0. The minimum atomic E-state index is -3.79. The highest BCUT2D eigenvalue weighted by Gasteiger charge is 2.08. The molecule has 0 fully saturated rings. The predicted octanol–water partition coefficient (Wildman–Crippen LogP) is 1.48. The summed E-state index contributed by atoms with van der Waals surface area (Å²) in [7, 11) is -3.79. The van der Waals surface area contributed by atoms with E-state index in [0.717, 1.165) is 6.42 Å². The van der Waals surface area contributed by atoms with E-state index in [2.05, 4.69) is 6.58 Å². The normalized spacial score (nSPS) is 14.4. The Morgan fingerprint density at radius 3 is 2.45 bits per heavy atom. The first-order valence-corrected chi connectivity index (χ1v) is 5.18. The average molecular weight is 178 g/mol. The fourth-order valence-corrected chi connectivity index (χ4v) is 1.39. The molecule has 0 aliphatic carbocycles. The van der Waals surface area contributed by atoms with E-state index in [1.165, 1.54) is 0 Å². The molecule has 0 radical (unpaired) electrons. The van der Waals surface area contributed by atoms with Gasteiger partial charge in [-0.2, -0.15) is 8.42 Å². The molecule has 0 aromatic rings. The molecule has 3 nitrogen and oxygen atoms in total. The summed E-state index contributed by atoms with van der Waals surface area (Å²) in [4.78, 5) is 0. The van der Waals surface area contributed by atoms with Crippen LogP contribution in [-0.4, -0.2) is 18.7 Å². The van der Waals surface area contributed by atoms with Gasteiger partial charge in [0.05, 0.1) is 5.75 Å². The van der Waals surface area contributed by atoms with Gasteiger partial charge >= 0.3 is 0 Å². The fourth-order valence-electron chi connectivity index (χ4n) is 0.789. The van der Waals surface area contributed by atoms with Crippen LogP contribution in [-0.2, 0) is 10.1 Å². The third-order valence-corrected chi connectivity index (χ3v) is 2.36. The third-order valence-electron chi connectivity index (χ3n) is 1.60. The van der Waals surface area contributed by atoms with E-state index in [4.69, 9.17) is 4.55 Å². The SMILES string of the molecule is C=CC(CC)CCS(=O)(=O)O. The number of hydrogen-bond acceptors (Lipinski definition) is 2. The molecular weight excluding hydrogens is 164 g/mol. The lowest BCUT2D eigenvalue weighted by Crippen LogP contribution is -2.08. The van der Waals surface area contributed by atoms with Crippen molar-refractivity contribution < 1.29 is 13.0 Å². The Morgan fingerprint density at radius 1 is 1.64 bits per heavy atom. The van der Waals surface area contributed by atoms with E-state index in [-0.39, 0.29) is 11.7 Å². The van der Waals surface area contributed by atoms with E-state index < -0.39 is 10.1 Å². The van der Waals surface area contributed by atoms with Crippen LogP contribution in [0.5, 0.6) is 0 Å². The molecule has 0 aromatic carbocycles. The molecular formula is C7H14O3S. The maximum atomic E-state index is 10.3. The maximum Gasteiger partial charge on any atom is 0.264 e. The van der Waals surface area contributed by atoms with E-state index >= 15 is 0 Å². The van der Waals surface area contributed by atoms with Crippen LogP contribution >= 0.6 is 0 Å². The van der Waals surface area contributed by atoms with Crippen molar-refractivity contribution in [1.29, 1.82) is 0 Å². The first-order chi connectivity index (χ1) is 4.99. The van der Waals surface area contributed by atoms with Crippen molar-refractivity contribution in [1.82, 2.24) is 0 Å². The van der Waals surface area contributed by atoms with Gasteiger partial charge in [0.1, 0.15) is 0 Å². The molecule has 4 heteroatoms. The van der Waals surface area contributed by atoms with Crippen LogP contribution in [0, 0.1) is 5.92 Å². The molecule has 0 heterocycles. The second-order valence-corrected chi connectivity index (χ2v) is 4.05. The van der Waals surface area contributed by atoms with Gasteiger partial charge in [-0.3, -0.25) is 4.55 Å². The molecule has 0 bridgehead atoms. The zero-order chi connectivity index (χ0) is 8.91. The Balaban J connectivity index is 3.78. The summed E-state index contributed by atoms with van der Waals surface area (Å²) in [6.07, 6.45) is 3.03. The van der Waals surface area contributed by atoms with Crippen molar-refractivity contribution >= 4 is 10.1 Å². The van der Waals surface area contributed by atoms with Gasteiger partial charge in [0.25, 0.3) is 10.1 Å². The van der Waals surface area contributed by atoms with E-state index in [9.17, 15) is 8.42 Å². The van der Waals surface area contributed by atoms with Gasteiger partial charge in [-0.25, -0.2) is 0 Å². The van der Waals surface area contributed by atoms with Gasteiger partial charge in [-0.05, 0) is 18.8 Å². The Labute approximate surface area is 67.9 Å². The minimum Gasteiger partial charge on any atom is -0.286 e. The Bertz CT molecular complexity index is 206. The number of hydrogen-bond donors (Lipinski definition) is 1. The highest BCUT2D eigenvalue weighted by molar-refractivity contribution is 7.85. The summed E-state index contributed by atoms with van der Waals surface area (Å²) in [5, 5.41) is 0. The molecule has 0 aliphatic rings. The lowest BCUT2D eigenvalue weighted by molar-refractivity contribution is 0.474.